The first-order chi connectivity index (χ1) is 10.2. The molecule has 1 aliphatic heterocycles. The van der Waals surface area contributed by atoms with Crippen molar-refractivity contribution in [3.63, 3.8) is 0 Å². The molecule has 1 aromatic rings. The monoisotopic (exact) mass is 308 g/mol. The molecule has 1 atom stereocenters. The van der Waals surface area contributed by atoms with E-state index in [0.29, 0.717) is 6.04 Å². The second-order valence-electron chi connectivity index (χ2n) is 5.84. The molecule has 1 N–H and O–H groups in total. The molecule has 0 aromatic heterocycles. The zero-order valence-corrected chi connectivity index (χ0v) is 14.1. The van der Waals surface area contributed by atoms with Crippen LogP contribution in [-0.4, -0.2) is 46.8 Å². The van der Waals surface area contributed by atoms with Crippen molar-refractivity contribution < 1.29 is 4.21 Å². The SMILES string of the molecule is CCCNC(CCN1CCS(=O)CC1)c1ccccc1C. The summed E-state index contributed by atoms with van der Waals surface area (Å²) in [6, 6.07) is 9.11. The van der Waals surface area contributed by atoms with Gasteiger partial charge in [-0.1, -0.05) is 31.2 Å². The molecule has 0 amide bonds. The van der Waals surface area contributed by atoms with E-state index in [2.05, 4.69) is 48.3 Å². The van der Waals surface area contributed by atoms with Crippen molar-refractivity contribution >= 4 is 10.8 Å². The van der Waals surface area contributed by atoms with Gasteiger partial charge in [-0.15, -0.1) is 0 Å². The van der Waals surface area contributed by atoms with Crippen LogP contribution in [0.3, 0.4) is 0 Å². The summed E-state index contributed by atoms with van der Waals surface area (Å²) in [5.74, 6) is 1.69. The van der Waals surface area contributed by atoms with E-state index in [1.54, 1.807) is 0 Å². The van der Waals surface area contributed by atoms with Crippen molar-refractivity contribution in [2.24, 2.45) is 0 Å². The molecule has 1 aromatic carbocycles. The van der Waals surface area contributed by atoms with Gasteiger partial charge in [0.05, 0.1) is 0 Å². The van der Waals surface area contributed by atoms with Gasteiger partial charge in [0.15, 0.2) is 0 Å². The zero-order valence-electron chi connectivity index (χ0n) is 13.3. The lowest BCUT2D eigenvalue weighted by atomic mass is 9.98. The van der Waals surface area contributed by atoms with Crippen molar-refractivity contribution in [1.29, 1.82) is 0 Å². The summed E-state index contributed by atoms with van der Waals surface area (Å²) in [5.41, 5.74) is 2.79. The summed E-state index contributed by atoms with van der Waals surface area (Å²) in [4.78, 5) is 2.46. The van der Waals surface area contributed by atoms with Crippen LogP contribution in [0.5, 0.6) is 0 Å². The van der Waals surface area contributed by atoms with Crippen LogP contribution in [-0.2, 0) is 10.8 Å². The average Bonchev–Trinajstić information content (AvgIpc) is 2.50. The molecule has 21 heavy (non-hydrogen) atoms. The predicted octanol–water partition coefficient (Wildman–Crippen LogP) is 2.49. The van der Waals surface area contributed by atoms with Crippen LogP contribution in [0.2, 0.25) is 0 Å². The third-order valence-corrected chi connectivity index (χ3v) is 5.48. The molecular weight excluding hydrogens is 280 g/mol. The number of aryl methyl sites for hydroxylation is 1. The Kier molecular flexibility index (Phi) is 6.87. The number of benzene rings is 1. The Hall–Kier alpha value is -0.710. The topological polar surface area (TPSA) is 32.3 Å². The van der Waals surface area contributed by atoms with E-state index in [1.807, 2.05) is 0 Å². The quantitative estimate of drug-likeness (QED) is 0.840. The molecule has 2 rings (SSSR count). The highest BCUT2D eigenvalue weighted by Gasteiger charge is 2.18. The first-order valence-electron chi connectivity index (χ1n) is 8.07. The summed E-state index contributed by atoms with van der Waals surface area (Å²) in [5, 5.41) is 3.69. The van der Waals surface area contributed by atoms with Gasteiger partial charge in [-0.3, -0.25) is 4.21 Å². The molecule has 0 radical (unpaired) electrons. The molecule has 0 aliphatic carbocycles. The third-order valence-electron chi connectivity index (χ3n) is 4.21. The van der Waals surface area contributed by atoms with Gasteiger partial charge < -0.3 is 10.2 Å². The lowest BCUT2D eigenvalue weighted by Crippen LogP contribution is -2.39. The molecule has 1 heterocycles. The summed E-state index contributed by atoms with van der Waals surface area (Å²) in [6.07, 6.45) is 2.28. The van der Waals surface area contributed by atoms with E-state index in [9.17, 15) is 4.21 Å². The molecule has 4 heteroatoms. The molecule has 3 nitrogen and oxygen atoms in total. The first kappa shape index (κ1) is 16.7. The number of nitrogens with one attached hydrogen (secondary N) is 1. The number of hydrogen-bond donors (Lipinski definition) is 1. The smallest absolute Gasteiger partial charge is 0.0363 e. The normalized spacial score (nSPS) is 18.8. The van der Waals surface area contributed by atoms with Gasteiger partial charge in [-0.2, -0.15) is 0 Å². The van der Waals surface area contributed by atoms with Gasteiger partial charge in [-0.25, -0.2) is 0 Å². The fraction of sp³-hybridized carbons (Fsp3) is 0.647. The fourth-order valence-corrected chi connectivity index (χ4v) is 4.00. The summed E-state index contributed by atoms with van der Waals surface area (Å²) >= 11 is 0. The van der Waals surface area contributed by atoms with E-state index >= 15 is 0 Å². The van der Waals surface area contributed by atoms with Crippen molar-refractivity contribution in [2.75, 3.05) is 37.7 Å². The minimum Gasteiger partial charge on any atom is -0.310 e. The van der Waals surface area contributed by atoms with Crippen molar-refractivity contribution in [2.45, 2.75) is 32.7 Å². The minimum atomic E-state index is -0.577. The first-order valence-corrected chi connectivity index (χ1v) is 9.55. The Bertz CT molecular complexity index is 454. The molecule has 1 unspecified atom stereocenters. The van der Waals surface area contributed by atoms with Gasteiger partial charge in [0.25, 0.3) is 0 Å². The minimum absolute atomic E-state index is 0.429. The Labute approximate surface area is 131 Å². The van der Waals surface area contributed by atoms with Crippen molar-refractivity contribution in [1.82, 2.24) is 10.2 Å². The van der Waals surface area contributed by atoms with Gasteiger partial charge >= 0.3 is 0 Å². The average molecular weight is 308 g/mol. The molecule has 1 fully saturated rings. The lowest BCUT2D eigenvalue weighted by Gasteiger charge is -2.29. The summed E-state index contributed by atoms with van der Waals surface area (Å²) < 4.78 is 11.4. The summed E-state index contributed by atoms with van der Waals surface area (Å²) in [7, 11) is -0.577. The van der Waals surface area contributed by atoms with Crippen LogP contribution in [0.1, 0.15) is 36.9 Å². The Morgan fingerprint density at radius 3 is 2.67 bits per heavy atom. The van der Waals surface area contributed by atoms with Gasteiger partial charge in [0, 0.05) is 48.0 Å². The van der Waals surface area contributed by atoms with Crippen LogP contribution in [0, 0.1) is 6.92 Å². The van der Waals surface area contributed by atoms with E-state index in [1.165, 1.54) is 11.1 Å². The highest BCUT2D eigenvalue weighted by Crippen LogP contribution is 2.21. The second-order valence-corrected chi connectivity index (χ2v) is 7.54. The molecular formula is C17H28N2OS. The lowest BCUT2D eigenvalue weighted by molar-refractivity contribution is 0.278. The van der Waals surface area contributed by atoms with Crippen molar-refractivity contribution in [3.8, 4) is 0 Å². The van der Waals surface area contributed by atoms with Crippen LogP contribution in [0.4, 0.5) is 0 Å². The number of nitrogens with zero attached hydrogens (tertiary/aromatic N) is 1. The standard InChI is InChI=1S/C17H28N2OS/c1-3-9-18-17(16-7-5-4-6-15(16)2)8-10-19-11-13-21(20)14-12-19/h4-7,17-18H,3,8-14H2,1-2H3. The Balaban J connectivity index is 1.93. The summed E-state index contributed by atoms with van der Waals surface area (Å²) in [6.45, 7) is 8.53. The third kappa shape index (κ3) is 5.20. The van der Waals surface area contributed by atoms with E-state index < -0.39 is 10.8 Å². The van der Waals surface area contributed by atoms with Gasteiger partial charge in [-0.05, 0) is 37.4 Å². The molecule has 1 saturated heterocycles. The second kappa shape index (κ2) is 8.66. The number of hydrogen-bond acceptors (Lipinski definition) is 3. The van der Waals surface area contributed by atoms with E-state index in [4.69, 9.17) is 0 Å². The van der Waals surface area contributed by atoms with Crippen LogP contribution in [0.15, 0.2) is 24.3 Å². The van der Waals surface area contributed by atoms with E-state index in [0.717, 1.165) is 50.5 Å². The molecule has 0 bridgehead atoms. The van der Waals surface area contributed by atoms with Crippen LogP contribution in [0.25, 0.3) is 0 Å². The molecule has 0 spiro atoms. The molecule has 0 saturated carbocycles. The predicted molar refractivity (Wildman–Crippen MR) is 91.1 cm³/mol. The van der Waals surface area contributed by atoms with Crippen molar-refractivity contribution in [3.05, 3.63) is 35.4 Å². The fourth-order valence-electron chi connectivity index (χ4n) is 2.87. The Morgan fingerprint density at radius 2 is 2.00 bits per heavy atom. The van der Waals surface area contributed by atoms with Gasteiger partial charge in [0.1, 0.15) is 0 Å². The van der Waals surface area contributed by atoms with Crippen LogP contribution < -0.4 is 5.32 Å². The molecule has 1 aliphatic rings. The van der Waals surface area contributed by atoms with Gasteiger partial charge in [0.2, 0.25) is 0 Å². The Morgan fingerprint density at radius 1 is 1.29 bits per heavy atom. The maximum atomic E-state index is 11.4. The highest BCUT2D eigenvalue weighted by molar-refractivity contribution is 7.85. The number of rotatable bonds is 7. The molecule has 118 valence electrons. The maximum absolute atomic E-state index is 11.4. The zero-order chi connectivity index (χ0) is 15.1. The largest absolute Gasteiger partial charge is 0.310 e. The highest BCUT2D eigenvalue weighted by atomic mass is 32.2. The maximum Gasteiger partial charge on any atom is 0.0363 e. The van der Waals surface area contributed by atoms with Crippen LogP contribution >= 0.6 is 0 Å². The van der Waals surface area contributed by atoms with E-state index in [-0.39, 0.29) is 0 Å².